The quantitative estimate of drug-likeness (QED) is 0.363. The van der Waals surface area contributed by atoms with Crippen LogP contribution < -0.4 is 11.5 Å². The molecule has 0 radical (unpaired) electrons. The van der Waals surface area contributed by atoms with Gasteiger partial charge in [-0.1, -0.05) is 48.6 Å². The van der Waals surface area contributed by atoms with Gasteiger partial charge in [0.1, 0.15) is 0 Å². The molecule has 0 spiro atoms. The molecule has 0 bridgehead atoms. The third-order valence-corrected chi connectivity index (χ3v) is 2.83. The largest absolute Gasteiger partial charge is 0.481 e. The Hall–Kier alpha value is -3.76. The summed E-state index contributed by atoms with van der Waals surface area (Å²) < 4.78 is 0. The van der Waals surface area contributed by atoms with Crippen LogP contribution in [0, 0.1) is 0 Å². The predicted octanol–water partition coefficient (Wildman–Crippen LogP) is 2.68. The standard InChI is InChI=1S/C13H10.C2H8N2.4C2H4O2/c1-4-10-6-2-8-12-9-3-7-11(5-1)13(10)12;3-1-2-4;4*1-2(3)4/h1-8H,9H2;1-4H2;4*1H3,(H,3,4). The number of carboxylic acids is 4. The lowest BCUT2D eigenvalue weighted by Gasteiger charge is -2.11. The van der Waals surface area contributed by atoms with Crippen molar-refractivity contribution in [2.75, 3.05) is 13.1 Å². The molecule has 10 heteroatoms. The second-order valence-corrected chi connectivity index (χ2v) is 6.12. The maximum absolute atomic E-state index is 9.00. The van der Waals surface area contributed by atoms with E-state index in [4.69, 9.17) is 51.1 Å². The van der Waals surface area contributed by atoms with Crippen molar-refractivity contribution >= 4 is 40.7 Å². The van der Waals surface area contributed by atoms with Gasteiger partial charge in [0.2, 0.25) is 0 Å². The highest BCUT2D eigenvalue weighted by molar-refractivity contribution is 5.94. The molecule has 0 heterocycles. The molecule has 184 valence electrons. The summed E-state index contributed by atoms with van der Waals surface area (Å²) in [7, 11) is 0. The van der Waals surface area contributed by atoms with Crippen LogP contribution >= 0.6 is 0 Å². The Morgan fingerprint density at radius 3 is 1.45 bits per heavy atom. The van der Waals surface area contributed by atoms with Crippen molar-refractivity contribution in [3.8, 4) is 0 Å². The van der Waals surface area contributed by atoms with Crippen LogP contribution in [0.4, 0.5) is 0 Å². The molecule has 2 aromatic carbocycles. The van der Waals surface area contributed by atoms with Gasteiger partial charge in [0.25, 0.3) is 23.9 Å². The molecular formula is C23H34N2O8. The Balaban J connectivity index is -0.000000380. The number of rotatable bonds is 1. The number of benzene rings is 2. The molecular weight excluding hydrogens is 432 g/mol. The fourth-order valence-electron chi connectivity index (χ4n) is 2.07. The van der Waals surface area contributed by atoms with E-state index in [1.165, 1.54) is 21.9 Å². The Labute approximate surface area is 193 Å². The lowest BCUT2D eigenvalue weighted by atomic mass is 9.93. The average molecular weight is 467 g/mol. The lowest BCUT2D eigenvalue weighted by Crippen LogP contribution is -2.11. The molecule has 0 atom stereocenters. The second-order valence-electron chi connectivity index (χ2n) is 6.12. The van der Waals surface area contributed by atoms with E-state index in [9.17, 15) is 0 Å². The topological polar surface area (TPSA) is 201 Å². The van der Waals surface area contributed by atoms with Gasteiger partial charge in [0.05, 0.1) is 0 Å². The van der Waals surface area contributed by atoms with Gasteiger partial charge in [-0.15, -0.1) is 0 Å². The van der Waals surface area contributed by atoms with Gasteiger partial charge >= 0.3 is 0 Å². The Bertz CT molecular complexity index is 824. The number of carboxylic acid groups (broad SMARTS) is 4. The molecule has 0 fully saturated rings. The first-order chi connectivity index (χ1) is 15.3. The van der Waals surface area contributed by atoms with E-state index in [-0.39, 0.29) is 0 Å². The zero-order valence-corrected chi connectivity index (χ0v) is 19.3. The number of hydrogen-bond acceptors (Lipinski definition) is 6. The third kappa shape index (κ3) is 26.2. The Morgan fingerprint density at radius 2 is 1.09 bits per heavy atom. The van der Waals surface area contributed by atoms with E-state index in [2.05, 4.69) is 48.6 Å². The number of nitrogens with two attached hydrogens (primary N) is 2. The van der Waals surface area contributed by atoms with Crippen LogP contribution in [0.15, 0.2) is 42.5 Å². The molecule has 10 nitrogen and oxygen atoms in total. The Morgan fingerprint density at radius 1 is 0.727 bits per heavy atom. The van der Waals surface area contributed by atoms with E-state index >= 15 is 0 Å². The monoisotopic (exact) mass is 466 g/mol. The maximum atomic E-state index is 9.00. The molecule has 1 aliphatic rings. The van der Waals surface area contributed by atoms with Crippen LogP contribution in [0.1, 0.15) is 38.8 Å². The molecule has 8 N–H and O–H groups in total. The van der Waals surface area contributed by atoms with Gasteiger partial charge in [-0.2, -0.15) is 0 Å². The summed E-state index contributed by atoms with van der Waals surface area (Å²) in [6.45, 7) is 5.53. The van der Waals surface area contributed by atoms with Crippen molar-refractivity contribution < 1.29 is 39.6 Å². The predicted molar refractivity (Wildman–Crippen MR) is 128 cm³/mol. The van der Waals surface area contributed by atoms with Crippen molar-refractivity contribution in [3.05, 3.63) is 53.6 Å². The van der Waals surface area contributed by atoms with Crippen LogP contribution in [0.5, 0.6) is 0 Å². The molecule has 0 saturated heterocycles. The summed E-state index contributed by atoms with van der Waals surface area (Å²) in [6.07, 6.45) is 5.53. The average Bonchev–Trinajstić information content (AvgIpc) is 2.67. The molecule has 0 saturated carbocycles. The van der Waals surface area contributed by atoms with E-state index in [0.717, 1.165) is 34.1 Å². The van der Waals surface area contributed by atoms with Crippen LogP contribution in [0.3, 0.4) is 0 Å². The fourth-order valence-corrected chi connectivity index (χ4v) is 2.07. The molecule has 0 unspecified atom stereocenters. The van der Waals surface area contributed by atoms with Crippen LogP contribution in [0.25, 0.3) is 16.8 Å². The second kappa shape index (κ2) is 21.5. The number of allylic oxidation sites excluding steroid dienone is 1. The summed E-state index contributed by atoms with van der Waals surface area (Å²) in [5.41, 5.74) is 12.6. The normalized spacial score (nSPS) is 9.27. The third-order valence-electron chi connectivity index (χ3n) is 2.83. The highest BCUT2D eigenvalue weighted by atomic mass is 16.4. The Kier molecular flexibility index (Phi) is 22.0. The smallest absolute Gasteiger partial charge is 0.300 e. The maximum Gasteiger partial charge on any atom is 0.300 e. The molecule has 2 aromatic rings. The molecule has 0 aliphatic heterocycles. The van der Waals surface area contributed by atoms with Crippen molar-refractivity contribution in [3.63, 3.8) is 0 Å². The lowest BCUT2D eigenvalue weighted by molar-refractivity contribution is -0.135. The first-order valence-corrected chi connectivity index (χ1v) is 9.65. The minimum Gasteiger partial charge on any atom is -0.481 e. The van der Waals surface area contributed by atoms with Crippen molar-refractivity contribution in [2.45, 2.75) is 34.1 Å². The molecule has 0 amide bonds. The highest BCUT2D eigenvalue weighted by Gasteiger charge is 2.06. The fraction of sp³-hybridized carbons (Fsp3) is 0.304. The van der Waals surface area contributed by atoms with Crippen molar-refractivity contribution in [1.29, 1.82) is 0 Å². The first-order valence-electron chi connectivity index (χ1n) is 9.65. The first kappa shape index (κ1) is 33.9. The van der Waals surface area contributed by atoms with Crippen molar-refractivity contribution in [1.82, 2.24) is 0 Å². The van der Waals surface area contributed by atoms with Gasteiger partial charge in [0.15, 0.2) is 0 Å². The molecule has 1 aliphatic carbocycles. The summed E-state index contributed by atoms with van der Waals surface area (Å²) in [4.78, 5) is 36.0. The summed E-state index contributed by atoms with van der Waals surface area (Å²) in [5, 5.41) is 32.5. The van der Waals surface area contributed by atoms with Crippen molar-refractivity contribution in [2.24, 2.45) is 11.5 Å². The van der Waals surface area contributed by atoms with E-state index in [0.29, 0.717) is 13.1 Å². The molecule has 33 heavy (non-hydrogen) atoms. The van der Waals surface area contributed by atoms with Crippen LogP contribution in [-0.4, -0.2) is 57.4 Å². The summed E-state index contributed by atoms with van der Waals surface area (Å²) in [5.74, 6) is -3.33. The number of carbonyl (C=O) groups is 4. The van der Waals surface area contributed by atoms with Crippen LogP contribution in [-0.2, 0) is 25.6 Å². The minimum absolute atomic E-state index is 0.597. The summed E-state index contributed by atoms with van der Waals surface area (Å²) >= 11 is 0. The number of hydrogen-bond donors (Lipinski definition) is 6. The zero-order chi connectivity index (χ0) is 26.4. The van der Waals surface area contributed by atoms with Gasteiger partial charge in [-0.3, -0.25) is 19.2 Å². The highest BCUT2D eigenvalue weighted by Crippen LogP contribution is 2.27. The van der Waals surface area contributed by atoms with E-state index < -0.39 is 23.9 Å². The van der Waals surface area contributed by atoms with E-state index in [1.807, 2.05) is 0 Å². The minimum atomic E-state index is -0.833. The van der Waals surface area contributed by atoms with Gasteiger partial charge in [-0.05, 0) is 28.3 Å². The van der Waals surface area contributed by atoms with Gasteiger partial charge in [-0.25, -0.2) is 0 Å². The van der Waals surface area contributed by atoms with Gasteiger partial charge in [0, 0.05) is 40.8 Å². The molecule has 0 aromatic heterocycles. The van der Waals surface area contributed by atoms with E-state index in [1.54, 1.807) is 0 Å². The summed E-state index contributed by atoms with van der Waals surface area (Å²) in [6, 6.07) is 13.0. The van der Waals surface area contributed by atoms with Gasteiger partial charge < -0.3 is 31.9 Å². The number of aliphatic carboxylic acids is 4. The zero-order valence-electron chi connectivity index (χ0n) is 19.3. The van der Waals surface area contributed by atoms with Crippen LogP contribution in [0.2, 0.25) is 0 Å². The molecule has 3 rings (SSSR count). The SMILES string of the molecule is C1=Cc2cccc3cccc(c23)C1.CC(=O)O.CC(=O)O.CC(=O)O.CC(=O)O.NCCN.